The maximum absolute atomic E-state index is 6.71. The molecule has 0 aliphatic carbocycles. The van der Waals surface area contributed by atoms with Crippen LogP contribution in [0.15, 0.2) is 186 Å². The Kier molecular flexibility index (Phi) is 7.03. The Hall–Kier alpha value is -7.41. The zero-order valence-corrected chi connectivity index (χ0v) is 31.2. The predicted octanol–water partition coefficient (Wildman–Crippen LogP) is 13.9. The molecule has 0 N–H and O–H groups in total. The van der Waals surface area contributed by atoms with Gasteiger partial charge in [-0.05, 0) is 54.1 Å². The van der Waals surface area contributed by atoms with Crippen molar-refractivity contribution in [3.8, 4) is 51.0 Å². The van der Waals surface area contributed by atoms with Gasteiger partial charge in [0.2, 0.25) is 0 Å². The van der Waals surface area contributed by atoms with Crippen LogP contribution in [0.4, 0.5) is 0 Å². The Morgan fingerprint density at radius 2 is 1.00 bits per heavy atom. The van der Waals surface area contributed by atoms with Crippen LogP contribution >= 0.6 is 11.3 Å². The Labute approximate surface area is 330 Å². The number of aromatic nitrogens is 4. The molecule has 0 saturated carbocycles. The normalized spacial score (nSPS) is 11.9. The molecule has 4 heterocycles. The van der Waals surface area contributed by atoms with Crippen LogP contribution in [0, 0.1) is 0 Å². The maximum atomic E-state index is 6.71. The molecule has 5 nitrogen and oxygen atoms in total. The summed E-state index contributed by atoms with van der Waals surface area (Å²) in [5, 5.41) is 7.05. The van der Waals surface area contributed by atoms with E-state index >= 15 is 0 Å². The van der Waals surface area contributed by atoms with Crippen molar-refractivity contribution in [1.29, 1.82) is 0 Å². The van der Waals surface area contributed by atoms with Crippen LogP contribution in [0.3, 0.4) is 0 Å². The number of hydrogen-bond donors (Lipinski definition) is 0. The Bertz CT molecular complexity index is 3420. The monoisotopic (exact) mass is 746 g/mol. The zero-order valence-electron chi connectivity index (χ0n) is 30.4. The second-order valence-corrected chi connectivity index (χ2v) is 15.4. The van der Waals surface area contributed by atoms with Gasteiger partial charge in [-0.25, -0.2) is 15.0 Å². The van der Waals surface area contributed by atoms with Gasteiger partial charge in [-0.2, -0.15) is 0 Å². The Balaban J connectivity index is 0.995. The van der Waals surface area contributed by atoms with Crippen molar-refractivity contribution >= 4 is 75.3 Å². The molecule has 8 aromatic carbocycles. The van der Waals surface area contributed by atoms with Crippen LogP contribution in [0.5, 0.6) is 0 Å². The lowest BCUT2D eigenvalue weighted by Crippen LogP contribution is -2.00. The molecule has 0 spiro atoms. The summed E-state index contributed by atoms with van der Waals surface area (Å²) >= 11 is 1.77. The van der Waals surface area contributed by atoms with Crippen LogP contribution in [0.1, 0.15) is 0 Å². The first-order valence-corrected chi connectivity index (χ1v) is 19.8. The van der Waals surface area contributed by atoms with E-state index in [1.165, 1.54) is 37.3 Å². The Morgan fingerprint density at radius 3 is 1.70 bits per heavy atom. The molecule has 4 aromatic heterocycles. The number of furan rings is 1. The average Bonchev–Trinajstić information content (AvgIpc) is 3.96. The number of thiophene rings is 1. The predicted molar refractivity (Wildman–Crippen MR) is 236 cm³/mol. The highest BCUT2D eigenvalue weighted by molar-refractivity contribution is 7.26. The average molecular weight is 747 g/mol. The number of hydrogen-bond acceptors (Lipinski definition) is 5. The van der Waals surface area contributed by atoms with Gasteiger partial charge in [0.25, 0.3) is 0 Å². The van der Waals surface area contributed by atoms with Crippen LogP contribution in [0.25, 0.3) is 115 Å². The quantitative estimate of drug-likeness (QED) is 0.176. The molecule has 0 radical (unpaired) electrons. The van der Waals surface area contributed by atoms with Crippen molar-refractivity contribution in [3.05, 3.63) is 182 Å². The van der Waals surface area contributed by atoms with Gasteiger partial charge in [-0.1, -0.05) is 133 Å². The first kappa shape index (κ1) is 31.9. The highest BCUT2D eigenvalue weighted by atomic mass is 32.1. The molecule has 57 heavy (non-hydrogen) atoms. The largest absolute Gasteiger partial charge is 0.455 e. The molecule has 0 unspecified atom stereocenters. The van der Waals surface area contributed by atoms with E-state index < -0.39 is 0 Å². The Morgan fingerprint density at radius 1 is 0.404 bits per heavy atom. The van der Waals surface area contributed by atoms with Crippen LogP contribution in [-0.2, 0) is 0 Å². The molecule has 12 rings (SSSR count). The van der Waals surface area contributed by atoms with Crippen molar-refractivity contribution in [1.82, 2.24) is 19.5 Å². The summed E-state index contributed by atoms with van der Waals surface area (Å²) in [7, 11) is 0. The summed E-state index contributed by atoms with van der Waals surface area (Å²) < 4.78 is 11.4. The molecule has 0 bridgehead atoms. The van der Waals surface area contributed by atoms with Gasteiger partial charge in [0.15, 0.2) is 17.5 Å². The molecule has 12 aromatic rings. The summed E-state index contributed by atoms with van der Waals surface area (Å²) in [5.74, 6) is 1.97. The molecule has 0 aliphatic heterocycles. The van der Waals surface area contributed by atoms with E-state index in [4.69, 9.17) is 19.4 Å². The van der Waals surface area contributed by atoms with E-state index in [1.807, 2.05) is 60.7 Å². The summed E-state index contributed by atoms with van der Waals surface area (Å²) in [5.41, 5.74) is 10.3. The summed E-state index contributed by atoms with van der Waals surface area (Å²) in [6.45, 7) is 0. The number of rotatable bonds is 5. The topological polar surface area (TPSA) is 56.7 Å². The van der Waals surface area contributed by atoms with Crippen LogP contribution < -0.4 is 0 Å². The SMILES string of the molecule is c1ccc(-c2nc(-c3ccccc3)nc(-c3cccc4c3sc3ccc(-c5cccc6c5oc5ccc(-n7c8ccccc8c8ccccc87)cc56)cc34)n2)cc1. The second-order valence-electron chi connectivity index (χ2n) is 14.4. The lowest BCUT2D eigenvalue weighted by Gasteiger charge is -2.09. The van der Waals surface area contributed by atoms with Gasteiger partial charge in [-0.15, -0.1) is 11.3 Å². The third-order valence-electron chi connectivity index (χ3n) is 11.1. The minimum atomic E-state index is 0.654. The smallest absolute Gasteiger partial charge is 0.165 e. The van der Waals surface area contributed by atoms with Gasteiger partial charge in [0.1, 0.15) is 11.2 Å². The van der Waals surface area contributed by atoms with Gasteiger partial charge in [0.05, 0.1) is 11.0 Å². The molecule has 0 saturated heterocycles. The number of fused-ring (bicyclic) bond motifs is 9. The van der Waals surface area contributed by atoms with Crippen molar-refractivity contribution in [2.75, 3.05) is 0 Å². The first-order chi connectivity index (χ1) is 28.2. The third-order valence-corrected chi connectivity index (χ3v) is 12.3. The highest BCUT2D eigenvalue weighted by Crippen LogP contribution is 2.43. The molecular weight excluding hydrogens is 717 g/mol. The minimum Gasteiger partial charge on any atom is -0.455 e. The highest BCUT2D eigenvalue weighted by Gasteiger charge is 2.19. The van der Waals surface area contributed by atoms with Gasteiger partial charge in [-0.3, -0.25) is 0 Å². The fourth-order valence-electron chi connectivity index (χ4n) is 8.42. The van der Waals surface area contributed by atoms with Gasteiger partial charge >= 0.3 is 0 Å². The lowest BCUT2D eigenvalue weighted by atomic mass is 10.00. The van der Waals surface area contributed by atoms with Crippen molar-refractivity contribution < 1.29 is 4.42 Å². The van der Waals surface area contributed by atoms with E-state index in [0.717, 1.165) is 60.1 Å². The third kappa shape index (κ3) is 5.04. The molecule has 6 heteroatoms. The van der Waals surface area contributed by atoms with Crippen LogP contribution in [0.2, 0.25) is 0 Å². The van der Waals surface area contributed by atoms with Gasteiger partial charge in [0, 0.05) is 69.7 Å². The molecule has 0 amide bonds. The van der Waals surface area contributed by atoms with E-state index in [1.54, 1.807) is 11.3 Å². The summed E-state index contributed by atoms with van der Waals surface area (Å²) in [6.07, 6.45) is 0. The van der Waals surface area contributed by atoms with E-state index in [2.05, 4.69) is 126 Å². The van der Waals surface area contributed by atoms with Crippen molar-refractivity contribution in [3.63, 3.8) is 0 Å². The summed E-state index contributed by atoms with van der Waals surface area (Å²) in [4.78, 5) is 15.0. The van der Waals surface area contributed by atoms with Gasteiger partial charge < -0.3 is 8.98 Å². The molecule has 0 aliphatic rings. The minimum absolute atomic E-state index is 0.654. The lowest BCUT2D eigenvalue weighted by molar-refractivity contribution is 0.670. The standard InChI is InChI=1S/C51H30N4OS/c1-3-13-31(14-4-1)49-52-50(32-15-5-2-6-16-32)54-51(53-49)40-22-12-21-39-42-29-33(25-28-46(42)57-48(39)40)35-19-11-20-38-41-30-34(26-27-45(41)56-47(35)38)55-43-23-9-7-17-36(43)37-18-8-10-24-44(37)55/h1-30H. The fraction of sp³-hybridized carbons (Fsp3) is 0. The molecule has 0 atom stereocenters. The second kappa shape index (κ2) is 12.6. The number of nitrogens with zero attached hydrogens (tertiary/aromatic N) is 4. The molecular formula is C51H30N4OS. The van der Waals surface area contributed by atoms with Crippen LogP contribution in [-0.4, -0.2) is 19.5 Å². The van der Waals surface area contributed by atoms with E-state index in [0.29, 0.717) is 17.5 Å². The van der Waals surface area contributed by atoms with E-state index in [-0.39, 0.29) is 0 Å². The van der Waals surface area contributed by atoms with E-state index in [9.17, 15) is 0 Å². The molecule has 266 valence electrons. The number of para-hydroxylation sites is 3. The maximum Gasteiger partial charge on any atom is 0.165 e. The van der Waals surface area contributed by atoms with Crippen molar-refractivity contribution in [2.24, 2.45) is 0 Å². The number of benzene rings is 8. The van der Waals surface area contributed by atoms with Crippen molar-refractivity contribution in [2.45, 2.75) is 0 Å². The molecule has 0 fully saturated rings. The summed E-state index contributed by atoms with van der Waals surface area (Å²) in [6, 6.07) is 63.8. The fourth-order valence-corrected chi connectivity index (χ4v) is 9.62. The first-order valence-electron chi connectivity index (χ1n) is 19.0. The zero-order chi connectivity index (χ0) is 37.5.